The van der Waals surface area contributed by atoms with Crippen LogP contribution < -0.4 is 15.8 Å². The number of nitrogens with zero attached hydrogens (tertiary/aromatic N) is 1. The number of carbonyl (C=O) groups is 1. The van der Waals surface area contributed by atoms with Crippen molar-refractivity contribution in [3.8, 4) is 11.8 Å². The fourth-order valence-corrected chi connectivity index (χ4v) is 1.34. The number of anilines is 1. The maximum atomic E-state index is 11.0. The number of nitrogens with one attached hydrogen (secondary N) is 1. The topological polar surface area (TPSA) is 88.1 Å². The van der Waals surface area contributed by atoms with E-state index in [1.165, 1.54) is 0 Å². The molecule has 0 saturated heterocycles. The number of nitriles is 1. The Bertz CT molecular complexity index is 501. The van der Waals surface area contributed by atoms with E-state index in [4.69, 9.17) is 15.7 Å². The van der Waals surface area contributed by atoms with Gasteiger partial charge < -0.3 is 15.8 Å². The zero-order valence-electron chi connectivity index (χ0n) is 9.65. The minimum atomic E-state index is -0.757. The van der Waals surface area contributed by atoms with E-state index in [0.29, 0.717) is 17.1 Å². The number of allylic oxidation sites excluding steroid dienone is 1. The molecule has 0 heterocycles. The van der Waals surface area contributed by atoms with E-state index in [1.54, 1.807) is 32.2 Å². The lowest BCUT2D eigenvalue weighted by Gasteiger charge is -2.11. The Hall–Kier alpha value is -2.48. The molecule has 5 heteroatoms. The van der Waals surface area contributed by atoms with Crippen molar-refractivity contribution in [2.45, 2.75) is 6.92 Å². The number of methoxy groups -OCH3 is 1. The quantitative estimate of drug-likeness (QED) is 0.605. The molecule has 0 atom stereocenters. The standard InChI is InChI=1S/C12H13N3O2/c1-8(9(7-13)12(14)16)15-10-5-3-4-6-11(10)17-2/h3-6,15H,1-2H3,(H2,14,16). The molecule has 0 saturated carbocycles. The van der Waals surface area contributed by atoms with E-state index >= 15 is 0 Å². The van der Waals surface area contributed by atoms with Crippen LogP contribution in [0.15, 0.2) is 35.5 Å². The van der Waals surface area contributed by atoms with Crippen LogP contribution in [0.2, 0.25) is 0 Å². The van der Waals surface area contributed by atoms with Gasteiger partial charge in [0.2, 0.25) is 0 Å². The number of nitrogens with two attached hydrogens (primary N) is 1. The molecule has 5 nitrogen and oxygen atoms in total. The van der Waals surface area contributed by atoms with Gasteiger partial charge in [-0.3, -0.25) is 4.79 Å². The summed E-state index contributed by atoms with van der Waals surface area (Å²) in [6.07, 6.45) is 0. The second-order valence-electron chi connectivity index (χ2n) is 3.30. The van der Waals surface area contributed by atoms with Crippen molar-refractivity contribution in [3.63, 3.8) is 0 Å². The fourth-order valence-electron chi connectivity index (χ4n) is 1.34. The molecular formula is C12H13N3O2. The highest BCUT2D eigenvalue weighted by Crippen LogP contribution is 2.24. The molecule has 1 aromatic rings. The summed E-state index contributed by atoms with van der Waals surface area (Å²) in [4.78, 5) is 11.0. The third-order valence-electron chi connectivity index (χ3n) is 2.16. The molecule has 0 spiro atoms. The summed E-state index contributed by atoms with van der Waals surface area (Å²) in [5, 5.41) is 11.7. The van der Waals surface area contributed by atoms with Gasteiger partial charge in [-0.25, -0.2) is 0 Å². The summed E-state index contributed by atoms with van der Waals surface area (Å²) < 4.78 is 5.14. The molecule has 0 bridgehead atoms. The van der Waals surface area contributed by atoms with Crippen molar-refractivity contribution < 1.29 is 9.53 Å². The van der Waals surface area contributed by atoms with Gasteiger partial charge in [-0.05, 0) is 19.1 Å². The van der Waals surface area contributed by atoms with E-state index in [1.807, 2.05) is 12.1 Å². The average Bonchev–Trinajstić information content (AvgIpc) is 2.30. The van der Waals surface area contributed by atoms with Crippen molar-refractivity contribution in [3.05, 3.63) is 35.5 Å². The van der Waals surface area contributed by atoms with Gasteiger partial charge in [-0.2, -0.15) is 5.26 Å². The molecule has 0 aliphatic rings. The molecule has 0 aliphatic carbocycles. The number of ether oxygens (including phenoxy) is 1. The number of carbonyl (C=O) groups excluding carboxylic acids is 1. The highest BCUT2D eigenvalue weighted by atomic mass is 16.5. The van der Waals surface area contributed by atoms with Crippen molar-refractivity contribution in [2.24, 2.45) is 5.73 Å². The third kappa shape index (κ3) is 2.98. The molecule has 0 aliphatic heterocycles. The van der Waals surface area contributed by atoms with Crippen molar-refractivity contribution in [2.75, 3.05) is 12.4 Å². The highest BCUT2D eigenvalue weighted by molar-refractivity contribution is 5.97. The number of rotatable bonds is 4. The summed E-state index contributed by atoms with van der Waals surface area (Å²) >= 11 is 0. The lowest BCUT2D eigenvalue weighted by molar-refractivity contribution is -0.114. The second-order valence-corrected chi connectivity index (χ2v) is 3.30. The molecule has 17 heavy (non-hydrogen) atoms. The average molecular weight is 231 g/mol. The van der Waals surface area contributed by atoms with Crippen molar-refractivity contribution in [1.29, 1.82) is 5.26 Å². The third-order valence-corrected chi connectivity index (χ3v) is 2.16. The van der Waals surface area contributed by atoms with Crippen LogP contribution in [-0.2, 0) is 4.79 Å². The molecule has 3 N–H and O–H groups in total. The number of hydrogen-bond donors (Lipinski definition) is 2. The molecule has 88 valence electrons. The Morgan fingerprint density at radius 1 is 1.47 bits per heavy atom. The first kappa shape index (κ1) is 12.6. The minimum Gasteiger partial charge on any atom is -0.495 e. The predicted molar refractivity (Wildman–Crippen MR) is 64.1 cm³/mol. The first-order chi connectivity index (χ1) is 8.10. The Morgan fingerprint density at radius 2 is 2.12 bits per heavy atom. The monoisotopic (exact) mass is 231 g/mol. The molecular weight excluding hydrogens is 218 g/mol. The van der Waals surface area contributed by atoms with Gasteiger partial charge in [-0.1, -0.05) is 12.1 Å². The number of benzene rings is 1. The summed E-state index contributed by atoms with van der Waals surface area (Å²) in [5.74, 6) is -0.138. The molecule has 0 aromatic heterocycles. The zero-order valence-corrected chi connectivity index (χ0v) is 9.65. The van der Waals surface area contributed by atoms with Crippen LogP contribution in [0.4, 0.5) is 5.69 Å². The lowest BCUT2D eigenvalue weighted by atomic mass is 10.2. The number of para-hydroxylation sites is 2. The van der Waals surface area contributed by atoms with Gasteiger partial charge in [0.1, 0.15) is 17.4 Å². The first-order valence-electron chi connectivity index (χ1n) is 4.91. The largest absolute Gasteiger partial charge is 0.495 e. The van der Waals surface area contributed by atoms with E-state index in [2.05, 4.69) is 5.32 Å². The number of primary amides is 1. The van der Waals surface area contributed by atoms with E-state index < -0.39 is 5.91 Å². The molecule has 1 amide bonds. The lowest BCUT2D eigenvalue weighted by Crippen LogP contribution is -2.16. The summed E-state index contributed by atoms with van der Waals surface area (Å²) in [6, 6.07) is 8.94. The molecule has 0 fully saturated rings. The van der Waals surface area contributed by atoms with Gasteiger partial charge in [0.15, 0.2) is 0 Å². The van der Waals surface area contributed by atoms with Crippen LogP contribution in [0.3, 0.4) is 0 Å². The van der Waals surface area contributed by atoms with Crippen LogP contribution in [0.5, 0.6) is 5.75 Å². The summed E-state index contributed by atoms with van der Waals surface area (Å²) in [5.41, 5.74) is 6.04. The van der Waals surface area contributed by atoms with Gasteiger partial charge in [0, 0.05) is 5.70 Å². The fraction of sp³-hybridized carbons (Fsp3) is 0.167. The van der Waals surface area contributed by atoms with Crippen LogP contribution in [-0.4, -0.2) is 13.0 Å². The van der Waals surface area contributed by atoms with Crippen LogP contribution in [0.25, 0.3) is 0 Å². The zero-order chi connectivity index (χ0) is 12.8. The van der Waals surface area contributed by atoms with Gasteiger partial charge in [0.05, 0.1) is 12.8 Å². The second kappa shape index (κ2) is 5.56. The van der Waals surface area contributed by atoms with Gasteiger partial charge >= 0.3 is 0 Å². The molecule has 1 aromatic carbocycles. The van der Waals surface area contributed by atoms with Crippen LogP contribution >= 0.6 is 0 Å². The SMILES string of the molecule is COc1ccccc1NC(C)=C(C#N)C(N)=O. The Kier molecular flexibility index (Phi) is 4.12. The van der Waals surface area contributed by atoms with E-state index in [9.17, 15) is 4.79 Å². The summed E-state index contributed by atoms with van der Waals surface area (Å²) in [6.45, 7) is 1.61. The normalized spacial score (nSPS) is 11.1. The number of amides is 1. The van der Waals surface area contributed by atoms with E-state index in [-0.39, 0.29) is 5.57 Å². The van der Waals surface area contributed by atoms with Gasteiger partial charge in [0.25, 0.3) is 5.91 Å². The minimum absolute atomic E-state index is 0.101. The highest BCUT2D eigenvalue weighted by Gasteiger charge is 2.10. The maximum absolute atomic E-state index is 11.0. The van der Waals surface area contributed by atoms with Crippen molar-refractivity contribution >= 4 is 11.6 Å². The first-order valence-corrected chi connectivity index (χ1v) is 4.91. The van der Waals surface area contributed by atoms with Crippen LogP contribution in [0, 0.1) is 11.3 Å². The maximum Gasteiger partial charge on any atom is 0.261 e. The van der Waals surface area contributed by atoms with Crippen LogP contribution in [0.1, 0.15) is 6.92 Å². The molecule has 0 radical (unpaired) electrons. The Labute approximate surface area is 99.5 Å². The smallest absolute Gasteiger partial charge is 0.261 e. The molecule has 0 unspecified atom stereocenters. The number of hydrogen-bond acceptors (Lipinski definition) is 4. The van der Waals surface area contributed by atoms with Crippen molar-refractivity contribution in [1.82, 2.24) is 0 Å². The predicted octanol–water partition coefficient (Wildman–Crippen LogP) is 1.39. The molecule has 1 rings (SSSR count). The van der Waals surface area contributed by atoms with E-state index in [0.717, 1.165) is 0 Å². The Morgan fingerprint density at radius 3 is 2.65 bits per heavy atom. The Balaban J connectivity index is 3.07. The summed E-state index contributed by atoms with van der Waals surface area (Å²) in [7, 11) is 1.54. The van der Waals surface area contributed by atoms with Gasteiger partial charge in [-0.15, -0.1) is 0 Å².